The number of benzene rings is 3. The molecule has 1 aliphatic heterocycles. The Kier molecular flexibility index (Phi) is 4.09. The third kappa shape index (κ3) is 2.80. The lowest BCUT2D eigenvalue weighted by atomic mass is 10.1. The molecule has 1 amide bonds. The van der Waals surface area contributed by atoms with Gasteiger partial charge < -0.3 is 4.90 Å². The normalized spacial score (nSPS) is 13.5. The summed E-state index contributed by atoms with van der Waals surface area (Å²) in [5.41, 5.74) is 2.57. The van der Waals surface area contributed by atoms with E-state index in [2.05, 4.69) is 0 Å². The van der Waals surface area contributed by atoms with Gasteiger partial charge in [0.1, 0.15) is 0 Å². The molecule has 3 aromatic rings. The first-order valence-corrected chi connectivity index (χ1v) is 9.86. The van der Waals surface area contributed by atoms with Crippen LogP contribution in [0, 0.1) is 0 Å². The molecule has 0 N–H and O–H groups in total. The van der Waals surface area contributed by atoms with Crippen LogP contribution in [0.5, 0.6) is 0 Å². The van der Waals surface area contributed by atoms with Crippen LogP contribution in [0.1, 0.15) is 15.9 Å². The number of hydrogen-bond acceptors (Lipinski definition) is 3. The Hall–Kier alpha value is -2.92. The SMILES string of the molecule is O=C(c1ccc(S(=O)(=O)c2ccccc2)cc1)N1CCc2ccccc21. The van der Waals surface area contributed by atoms with Gasteiger partial charge in [-0.2, -0.15) is 0 Å². The van der Waals surface area contributed by atoms with E-state index < -0.39 is 9.84 Å². The number of nitrogens with zero attached hydrogens (tertiary/aromatic N) is 1. The predicted octanol–water partition coefficient (Wildman–Crippen LogP) is 3.72. The molecule has 0 unspecified atom stereocenters. The van der Waals surface area contributed by atoms with Crippen LogP contribution in [0.25, 0.3) is 0 Å². The molecule has 0 aromatic heterocycles. The number of amides is 1. The number of carbonyl (C=O) groups excluding carboxylic acids is 1. The molecular formula is C21H17NO3S. The smallest absolute Gasteiger partial charge is 0.258 e. The van der Waals surface area contributed by atoms with Gasteiger partial charge in [-0.15, -0.1) is 0 Å². The van der Waals surface area contributed by atoms with Crippen molar-refractivity contribution in [3.8, 4) is 0 Å². The van der Waals surface area contributed by atoms with E-state index in [1.807, 2.05) is 24.3 Å². The second-order valence-electron chi connectivity index (χ2n) is 6.18. The Balaban J connectivity index is 1.62. The largest absolute Gasteiger partial charge is 0.308 e. The topological polar surface area (TPSA) is 54.5 Å². The van der Waals surface area contributed by atoms with Gasteiger partial charge in [-0.25, -0.2) is 8.42 Å². The zero-order chi connectivity index (χ0) is 18.1. The molecule has 0 spiro atoms. The van der Waals surface area contributed by atoms with Crippen LogP contribution < -0.4 is 4.90 Å². The van der Waals surface area contributed by atoms with Crippen molar-refractivity contribution in [1.29, 1.82) is 0 Å². The fraction of sp³-hybridized carbons (Fsp3) is 0.0952. The van der Waals surface area contributed by atoms with E-state index in [1.165, 1.54) is 12.1 Å². The highest BCUT2D eigenvalue weighted by atomic mass is 32.2. The van der Waals surface area contributed by atoms with Gasteiger partial charge in [0, 0.05) is 17.8 Å². The molecule has 4 nitrogen and oxygen atoms in total. The van der Waals surface area contributed by atoms with Crippen LogP contribution >= 0.6 is 0 Å². The zero-order valence-corrected chi connectivity index (χ0v) is 14.8. The van der Waals surface area contributed by atoms with Crippen LogP contribution in [0.3, 0.4) is 0 Å². The molecule has 0 fully saturated rings. The summed E-state index contributed by atoms with van der Waals surface area (Å²) in [5.74, 6) is -0.112. The Morgan fingerprint density at radius 1 is 0.769 bits per heavy atom. The lowest BCUT2D eigenvalue weighted by Crippen LogP contribution is -2.28. The highest BCUT2D eigenvalue weighted by Crippen LogP contribution is 2.29. The number of para-hydroxylation sites is 1. The molecule has 0 atom stereocenters. The van der Waals surface area contributed by atoms with Gasteiger partial charge in [-0.05, 0) is 54.4 Å². The van der Waals surface area contributed by atoms with Crippen LogP contribution in [0.4, 0.5) is 5.69 Å². The average molecular weight is 363 g/mol. The summed E-state index contributed by atoms with van der Waals surface area (Å²) in [6.45, 7) is 0.641. The van der Waals surface area contributed by atoms with E-state index in [0.29, 0.717) is 12.1 Å². The van der Waals surface area contributed by atoms with E-state index in [1.54, 1.807) is 47.4 Å². The van der Waals surface area contributed by atoms with E-state index >= 15 is 0 Å². The summed E-state index contributed by atoms with van der Waals surface area (Å²) in [7, 11) is -3.57. The maximum absolute atomic E-state index is 12.8. The summed E-state index contributed by atoms with van der Waals surface area (Å²) < 4.78 is 25.3. The molecule has 3 aromatic carbocycles. The highest BCUT2D eigenvalue weighted by Gasteiger charge is 2.25. The van der Waals surface area contributed by atoms with E-state index in [4.69, 9.17) is 0 Å². The number of hydrogen-bond donors (Lipinski definition) is 0. The molecule has 0 radical (unpaired) electrons. The van der Waals surface area contributed by atoms with Crippen LogP contribution in [0.15, 0.2) is 88.7 Å². The van der Waals surface area contributed by atoms with Crippen molar-refractivity contribution >= 4 is 21.4 Å². The first-order chi connectivity index (χ1) is 12.6. The lowest BCUT2D eigenvalue weighted by Gasteiger charge is -2.17. The Bertz CT molecular complexity index is 1060. The van der Waals surface area contributed by atoms with Gasteiger partial charge in [-0.1, -0.05) is 36.4 Å². The number of fused-ring (bicyclic) bond motifs is 1. The number of rotatable bonds is 3. The monoisotopic (exact) mass is 363 g/mol. The molecule has 0 saturated heterocycles. The molecule has 0 saturated carbocycles. The number of carbonyl (C=O) groups is 1. The van der Waals surface area contributed by atoms with Crippen LogP contribution in [0.2, 0.25) is 0 Å². The van der Waals surface area contributed by atoms with Crippen molar-refractivity contribution in [3.05, 3.63) is 90.0 Å². The minimum Gasteiger partial charge on any atom is -0.308 e. The van der Waals surface area contributed by atoms with Crippen LogP contribution in [-0.4, -0.2) is 20.9 Å². The van der Waals surface area contributed by atoms with Crippen molar-refractivity contribution in [2.24, 2.45) is 0 Å². The van der Waals surface area contributed by atoms with Gasteiger partial charge in [-0.3, -0.25) is 4.79 Å². The Morgan fingerprint density at radius 3 is 2.12 bits per heavy atom. The van der Waals surface area contributed by atoms with E-state index in [0.717, 1.165) is 17.7 Å². The third-order valence-electron chi connectivity index (χ3n) is 4.60. The van der Waals surface area contributed by atoms with Crippen molar-refractivity contribution in [2.75, 3.05) is 11.4 Å². The molecular weight excluding hydrogens is 346 g/mol. The fourth-order valence-corrected chi connectivity index (χ4v) is 4.50. The lowest BCUT2D eigenvalue weighted by molar-refractivity contribution is 0.0989. The first-order valence-electron chi connectivity index (χ1n) is 8.37. The van der Waals surface area contributed by atoms with Gasteiger partial charge in [0.15, 0.2) is 0 Å². The zero-order valence-electron chi connectivity index (χ0n) is 14.0. The molecule has 26 heavy (non-hydrogen) atoms. The summed E-state index contributed by atoms with van der Waals surface area (Å²) in [4.78, 5) is 15.0. The molecule has 130 valence electrons. The first kappa shape index (κ1) is 16.5. The number of sulfone groups is 1. The van der Waals surface area contributed by atoms with Gasteiger partial charge in [0.25, 0.3) is 5.91 Å². The van der Waals surface area contributed by atoms with Gasteiger partial charge in [0.05, 0.1) is 9.79 Å². The highest BCUT2D eigenvalue weighted by molar-refractivity contribution is 7.91. The van der Waals surface area contributed by atoms with E-state index in [9.17, 15) is 13.2 Å². The second-order valence-corrected chi connectivity index (χ2v) is 8.13. The maximum atomic E-state index is 12.8. The van der Waals surface area contributed by atoms with Gasteiger partial charge in [0.2, 0.25) is 9.84 Å². The average Bonchev–Trinajstić information content (AvgIpc) is 3.12. The molecule has 0 bridgehead atoms. The maximum Gasteiger partial charge on any atom is 0.258 e. The minimum absolute atomic E-state index is 0.112. The van der Waals surface area contributed by atoms with Crippen molar-refractivity contribution in [3.63, 3.8) is 0 Å². The molecule has 4 rings (SSSR count). The van der Waals surface area contributed by atoms with Crippen molar-refractivity contribution < 1.29 is 13.2 Å². The molecule has 1 aliphatic rings. The summed E-state index contributed by atoms with van der Waals surface area (Å²) in [6, 6.07) is 22.3. The molecule has 1 heterocycles. The summed E-state index contributed by atoms with van der Waals surface area (Å²) in [5, 5.41) is 0. The minimum atomic E-state index is -3.57. The van der Waals surface area contributed by atoms with Crippen LogP contribution in [-0.2, 0) is 16.3 Å². The standard InChI is InChI=1S/C21H17NO3S/c23-21(22-15-14-16-6-4-5-9-20(16)22)17-10-12-19(13-11-17)26(24,25)18-7-2-1-3-8-18/h1-13H,14-15H2. The third-order valence-corrected chi connectivity index (χ3v) is 6.38. The fourth-order valence-electron chi connectivity index (χ4n) is 3.22. The predicted molar refractivity (Wildman–Crippen MR) is 100 cm³/mol. The Labute approximate surface area is 152 Å². The van der Waals surface area contributed by atoms with Crippen molar-refractivity contribution in [2.45, 2.75) is 16.2 Å². The van der Waals surface area contributed by atoms with Crippen molar-refractivity contribution in [1.82, 2.24) is 0 Å². The summed E-state index contributed by atoms with van der Waals surface area (Å²) in [6.07, 6.45) is 0.836. The molecule has 5 heteroatoms. The Morgan fingerprint density at radius 2 is 1.38 bits per heavy atom. The van der Waals surface area contributed by atoms with E-state index in [-0.39, 0.29) is 15.7 Å². The quantitative estimate of drug-likeness (QED) is 0.713. The molecule has 0 aliphatic carbocycles. The van der Waals surface area contributed by atoms with Gasteiger partial charge >= 0.3 is 0 Å². The summed E-state index contributed by atoms with van der Waals surface area (Å²) >= 11 is 0. The number of anilines is 1. The second kappa shape index (κ2) is 6.42.